The number of esters is 1. The van der Waals surface area contributed by atoms with Crippen molar-refractivity contribution in [2.45, 2.75) is 12.8 Å². The molecule has 4 nitrogen and oxygen atoms in total. The predicted octanol–water partition coefficient (Wildman–Crippen LogP) is 2.60. The van der Waals surface area contributed by atoms with E-state index in [1.807, 2.05) is 6.07 Å². The molecule has 1 aliphatic rings. The van der Waals surface area contributed by atoms with Crippen LogP contribution in [0.5, 0.6) is 0 Å². The lowest BCUT2D eigenvalue weighted by molar-refractivity contribution is -0.145. The summed E-state index contributed by atoms with van der Waals surface area (Å²) in [5.41, 5.74) is 1.41. The summed E-state index contributed by atoms with van der Waals surface area (Å²) < 4.78 is 4.80. The third-order valence-electron chi connectivity index (χ3n) is 3.37. The van der Waals surface area contributed by atoms with E-state index in [2.05, 4.69) is 11.0 Å². The van der Waals surface area contributed by atoms with Gasteiger partial charge in [0.15, 0.2) is 0 Å². The van der Waals surface area contributed by atoms with Crippen molar-refractivity contribution in [3.63, 3.8) is 0 Å². The number of hydrogen-bond donors (Lipinski definition) is 0. The zero-order valence-corrected chi connectivity index (χ0v) is 11.5. The highest BCUT2D eigenvalue weighted by molar-refractivity contribution is 6.33. The van der Waals surface area contributed by atoms with E-state index < -0.39 is 0 Å². The van der Waals surface area contributed by atoms with E-state index in [-0.39, 0.29) is 11.9 Å². The number of piperidine rings is 1. The highest BCUT2D eigenvalue weighted by Gasteiger charge is 2.27. The lowest BCUT2D eigenvalue weighted by Crippen LogP contribution is -2.39. The molecule has 1 aromatic carbocycles. The van der Waals surface area contributed by atoms with Gasteiger partial charge in [0.2, 0.25) is 0 Å². The first kappa shape index (κ1) is 13.7. The minimum absolute atomic E-state index is 0.106. The number of rotatable bonds is 2. The van der Waals surface area contributed by atoms with Crippen molar-refractivity contribution >= 4 is 23.3 Å². The van der Waals surface area contributed by atoms with E-state index in [4.69, 9.17) is 21.6 Å². The molecule has 2 rings (SSSR count). The van der Waals surface area contributed by atoms with Crippen molar-refractivity contribution in [1.82, 2.24) is 0 Å². The lowest BCUT2D eigenvalue weighted by Gasteiger charge is -2.33. The number of nitrogens with zero attached hydrogens (tertiary/aromatic N) is 2. The Morgan fingerprint density at radius 1 is 1.58 bits per heavy atom. The van der Waals surface area contributed by atoms with Crippen molar-refractivity contribution in [1.29, 1.82) is 5.26 Å². The van der Waals surface area contributed by atoms with Crippen molar-refractivity contribution in [3.05, 3.63) is 28.8 Å². The Kier molecular flexibility index (Phi) is 4.28. The molecule has 1 saturated heterocycles. The number of anilines is 1. The van der Waals surface area contributed by atoms with Crippen LogP contribution in [0, 0.1) is 17.2 Å². The average molecular weight is 279 g/mol. The van der Waals surface area contributed by atoms with E-state index in [1.165, 1.54) is 7.11 Å². The molecule has 0 saturated carbocycles. The second-order valence-electron chi connectivity index (χ2n) is 4.59. The van der Waals surface area contributed by atoms with Gasteiger partial charge < -0.3 is 9.64 Å². The number of hydrogen-bond acceptors (Lipinski definition) is 4. The minimum atomic E-state index is -0.172. The van der Waals surface area contributed by atoms with Gasteiger partial charge in [-0.05, 0) is 31.0 Å². The van der Waals surface area contributed by atoms with Crippen molar-refractivity contribution in [2.75, 3.05) is 25.1 Å². The van der Waals surface area contributed by atoms with Gasteiger partial charge in [-0.2, -0.15) is 5.26 Å². The molecule has 1 aromatic rings. The number of carbonyl (C=O) groups excluding carboxylic acids is 1. The van der Waals surface area contributed by atoms with Gasteiger partial charge in [0, 0.05) is 13.1 Å². The Balaban J connectivity index is 2.18. The molecule has 1 aliphatic heterocycles. The average Bonchev–Trinajstić information content (AvgIpc) is 2.46. The third kappa shape index (κ3) is 2.99. The highest BCUT2D eigenvalue weighted by Crippen LogP contribution is 2.30. The van der Waals surface area contributed by atoms with E-state index >= 15 is 0 Å². The lowest BCUT2D eigenvalue weighted by atomic mass is 9.97. The topological polar surface area (TPSA) is 53.3 Å². The van der Waals surface area contributed by atoms with Crippen molar-refractivity contribution in [3.8, 4) is 6.07 Å². The fraction of sp³-hybridized carbons (Fsp3) is 0.429. The van der Waals surface area contributed by atoms with Crippen LogP contribution in [-0.2, 0) is 9.53 Å². The molecule has 0 radical (unpaired) electrons. The summed E-state index contributed by atoms with van der Waals surface area (Å²) >= 11 is 6.19. The fourth-order valence-electron chi connectivity index (χ4n) is 2.39. The molecule has 1 fully saturated rings. The summed E-state index contributed by atoms with van der Waals surface area (Å²) in [5, 5.41) is 9.37. The van der Waals surface area contributed by atoms with Crippen LogP contribution in [0.3, 0.4) is 0 Å². The van der Waals surface area contributed by atoms with E-state index in [1.54, 1.807) is 12.1 Å². The normalized spacial score (nSPS) is 18.8. The summed E-state index contributed by atoms with van der Waals surface area (Å²) in [6.07, 6.45) is 1.77. The molecule has 0 aliphatic carbocycles. The standard InChI is InChI=1S/C14H15ClN2O2/c1-19-14(18)11-3-2-6-17(9-11)13-5-4-10(8-16)7-12(13)15/h4-5,7,11H,2-3,6,9H2,1H3. The van der Waals surface area contributed by atoms with Gasteiger partial charge in [-0.1, -0.05) is 11.6 Å². The monoisotopic (exact) mass is 278 g/mol. The molecule has 1 unspecified atom stereocenters. The van der Waals surface area contributed by atoms with E-state index in [9.17, 15) is 4.79 Å². The van der Waals surface area contributed by atoms with Gasteiger partial charge in [0.05, 0.1) is 35.4 Å². The molecule has 0 amide bonds. The molecule has 0 spiro atoms. The largest absolute Gasteiger partial charge is 0.469 e. The molecule has 0 N–H and O–H groups in total. The van der Waals surface area contributed by atoms with Crippen LogP contribution in [0.1, 0.15) is 18.4 Å². The second-order valence-corrected chi connectivity index (χ2v) is 4.99. The smallest absolute Gasteiger partial charge is 0.310 e. The van der Waals surface area contributed by atoms with Crippen LogP contribution in [0.4, 0.5) is 5.69 Å². The number of carbonyl (C=O) groups is 1. The second kappa shape index (κ2) is 5.94. The van der Waals surface area contributed by atoms with Gasteiger partial charge >= 0.3 is 5.97 Å². The molecule has 1 atom stereocenters. The summed E-state index contributed by atoms with van der Waals surface area (Å²) in [7, 11) is 1.41. The van der Waals surface area contributed by atoms with Gasteiger partial charge in [-0.15, -0.1) is 0 Å². The van der Waals surface area contributed by atoms with Crippen LogP contribution in [0.15, 0.2) is 18.2 Å². The van der Waals surface area contributed by atoms with Gasteiger partial charge in [0.25, 0.3) is 0 Å². The molecule has 5 heteroatoms. The highest BCUT2D eigenvalue weighted by atomic mass is 35.5. The summed E-state index contributed by atoms with van der Waals surface area (Å²) in [6, 6.07) is 7.28. The van der Waals surface area contributed by atoms with Gasteiger partial charge in [0.1, 0.15) is 0 Å². The molecule has 0 bridgehead atoms. The SMILES string of the molecule is COC(=O)C1CCCN(c2ccc(C#N)cc2Cl)C1. The molecule has 1 heterocycles. The zero-order valence-electron chi connectivity index (χ0n) is 10.7. The van der Waals surface area contributed by atoms with Crippen molar-refractivity contribution in [2.24, 2.45) is 5.92 Å². The minimum Gasteiger partial charge on any atom is -0.469 e. The number of halogens is 1. The molecular formula is C14H15ClN2O2. The Hall–Kier alpha value is -1.73. The van der Waals surface area contributed by atoms with Crippen LogP contribution in [0.2, 0.25) is 5.02 Å². The first-order valence-corrected chi connectivity index (χ1v) is 6.56. The van der Waals surface area contributed by atoms with Crippen LogP contribution in [0.25, 0.3) is 0 Å². The Morgan fingerprint density at radius 2 is 2.37 bits per heavy atom. The number of ether oxygens (including phenoxy) is 1. The van der Waals surface area contributed by atoms with Crippen molar-refractivity contribution < 1.29 is 9.53 Å². The van der Waals surface area contributed by atoms with E-state index in [0.29, 0.717) is 17.1 Å². The van der Waals surface area contributed by atoms with Crippen LogP contribution in [-0.4, -0.2) is 26.2 Å². The van der Waals surface area contributed by atoms with Crippen LogP contribution >= 0.6 is 11.6 Å². The molecule has 19 heavy (non-hydrogen) atoms. The summed E-state index contributed by atoms with van der Waals surface area (Å²) in [6.45, 7) is 1.47. The number of benzene rings is 1. The predicted molar refractivity (Wildman–Crippen MR) is 73.1 cm³/mol. The molecular weight excluding hydrogens is 264 g/mol. The number of nitriles is 1. The van der Waals surface area contributed by atoms with Gasteiger partial charge in [-0.3, -0.25) is 4.79 Å². The summed E-state index contributed by atoms with van der Waals surface area (Å²) in [4.78, 5) is 13.7. The maximum atomic E-state index is 11.6. The Labute approximate surface area is 117 Å². The van der Waals surface area contributed by atoms with Crippen LogP contribution < -0.4 is 4.90 Å². The quantitative estimate of drug-likeness (QED) is 0.780. The van der Waals surface area contributed by atoms with Gasteiger partial charge in [-0.25, -0.2) is 0 Å². The fourth-order valence-corrected chi connectivity index (χ4v) is 2.69. The Bertz CT molecular complexity index is 525. The first-order chi connectivity index (χ1) is 9.15. The molecule has 0 aromatic heterocycles. The molecule has 100 valence electrons. The number of methoxy groups -OCH3 is 1. The zero-order chi connectivity index (χ0) is 13.8. The van der Waals surface area contributed by atoms with E-state index in [0.717, 1.165) is 25.1 Å². The maximum Gasteiger partial charge on any atom is 0.310 e. The maximum absolute atomic E-state index is 11.6. The first-order valence-electron chi connectivity index (χ1n) is 6.18. The summed E-state index contributed by atoms with van der Waals surface area (Å²) in [5.74, 6) is -0.278. The third-order valence-corrected chi connectivity index (χ3v) is 3.68. The Morgan fingerprint density at radius 3 is 3.00 bits per heavy atom.